The Morgan fingerprint density at radius 2 is 1.82 bits per heavy atom. The van der Waals surface area contributed by atoms with Crippen molar-refractivity contribution in [2.45, 2.75) is 58.2 Å². The molecule has 0 bridgehead atoms. The molecule has 154 valence electrons. The average Bonchev–Trinajstić information content (AvgIpc) is 2.65. The molecule has 0 spiro atoms. The highest BCUT2D eigenvalue weighted by Gasteiger charge is 2.26. The van der Waals surface area contributed by atoms with Gasteiger partial charge in [-0.25, -0.2) is 4.79 Å². The number of carbonyl (C=O) groups excluding carboxylic acids is 3. The van der Waals surface area contributed by atoms with E-state index in [4.69, 9.17) is 10.5 Å². The highest BCUT2D eigenvalue weighted by atomic mass is 16.5. The number of alkyl carbamates (subject to hydrolysis) is 1. The summed E-state index contributed by atoms with van der Waals surface area (Å²) in [6.45, 7) is 7.61. The van der Waals surface area contributed by atoms with Gasteiger partial charge in [-0.15, -0.1) is 6.58 Å². The maximum atomic E-state index is 12.6. The number of nitrogens with one attached hydrogen (secondary N) is 2. The summed E-state index contributed by atoms with van der Waals surface area (Å²) in [5, 5.41) is 5.23. The van der Waals surface area contributed by atoms with E-state index in [9.17, 15) is 14.4 Å². The van der Waals surface area contributed by atoms with E-state index in [0.29, 0.717) is 19.3 Å². The van der Waals surface area contributed by atoms with Crippen molar-refractivity contribution in [3.63, 3.8) is 0 Å². The molecule has 0 unspecified atom stereocenters. The van der Waals surface area contributed by atoms with Crippen molar-refractivity contribution in [3.05, 3.63) is 48.6 Å². The first kappa shape index (κ1) is 23.2. The third-order valence-electron chi connectivity index (χ3n) is 4.09. The molecule has 1 aromatic carbocycles. The van der Waals surface area contributed by atoms with E-state index >= 15 is 0 Å². The van der Waals surface area contributed by atoms with Crippen molar-refractivity contribution >= 4 is 17.9 Å². The van der Waals surface area contributed by atoms with Crippen molar-refractivity contribution in [3.8, 4) is 0 Å². The first-order chi connectivity index (χ1) is 13.3. The Morgan fingerprint density at radius 1 is 1.14 bits per heavy atom. The fourth-order valence-corrected chi connectivity index (χ4v) is 2.63. The normalized spacial score (nSPS) is 12.7. The van der Waals surface area contributed by atoms with E-state index in [1.165, 1.54) is 0 Å². The first-order valence-corrected chi connectivity index (χ1v) is 9.51. The fraction of sp³-hybridized carbons (Fsp3) is 0.476. The van der Waals surface area contributed by atoms with Crippen LogP contribution in [-0.4, -0.2) is 30.0 Å². The summed E-state index contributed by atoms with van der Waals surface area (Å²) in [5.74, 6) is -0.905. The van der Waals surface area contributed by atoms with E-state index < -0.39 is 30.0 Å². The van der Waals surface area contributed by atoms with Gasteiger partial charge in [-0.3, -0.25) is 9.59 Å². The van der Waals surface area contributed by atoms with Gasteiger partial charge >= 0.3 is 6.09 Å². The molecular weight excluding hydrogens is 358 g/mol. The molecule has 7 nitrogen and oxygen atoms in total. The Balaban J connectivity index is 2.65. The molecule has 1 rings (SSSR count). The monoisotopic (exact) mass is 389 g/mol. The van der Waals surface area contributed by atoms with Crippen LogP contribution in [0, 0.1) is 5.92 Å². The second kappa shape index (κ2) is 12.5. The molecule has 4 N–H and O–H groups in total. The number of amides is 3. The smallest absolute Gasteiger partial charge is 0.408 e. The van der Waals surface area contributed by atoms with Gasteiger partial charge in [-0.2, -0.15) is 0 Å². The van der Waals surface area contributed by atoms with Gasteiger partial charge in [-0.1, -0.05) is 50.3 Å². The van der Waals surface area contributed by atoms with Crippen LogP contribution in [0.25, 0.3) is 0 Å². The minimum Gasteiger partial charge on any atom is -0.445 e. The van der Waals surface area contributed by atoms with Crippen LogP contribution in [0.3, 0.4) is 0 Å². The van der Waals surface area contributed by atoms with Crippen LogP contribution in [0.4, 0.5) is 4.79 Å². The minimum atomic E-state index is -0.815. The van der Waals surface area contributed by atoms with Gasteiger partial charge in [0.15, 0.2) is 0 Å². The van der Waals surface area contributed by atoms with E-state index in [1.807, 2.05) is 44.2 Å². The fourth-order valence-electron chi connectivity index (χ4n) is 2.63. The van der Waals surface area contributed by atoms with Gasteiger partial charge in [0, 0.05) is 0 Å². The zero-order chi connectivity index (χ0) is 20.9. The summed E-state index contributed by atoms with van der Waals surface area (Å²) in [5.41, 5.74) is 6.24. The number of rotatable bonds is 12. The Morgan fingerprint density at radius 3 is 2.39 bits per heavy atom. The van der Waals surface area contributed by atoms with Gasteiger partial charge in [0.1, 0.15) is 18.7 Å². The predicted octanol–water partition coefficient (Wildman–Crippen LogP) is 2.65. The molecule has 0 aliphatic carbocycles. The lowest BCUT2D eigenvalue weighted by molar-refractivity contribution is -0.129. The highest BCUT2D eigenvalue weighted by molar-refractivity contribution is 5.90. The lowest BCUT2D eigenvalue weighted by atomic mass is 10.0. The minimum absolute atomic E-state index is 0.105. The highest BCUT2D eigenvalue weighted by Crippen LogP contribution is 2.08. The number of nitrogens with two attached hydrogens (primary N) is 1. The number of primary amides is 1. The molecule has 0 saturated carbocycles. The van der Waals surface area contributed by atoms with Gasteiger partial charge in [-0.05, 0) is 37.2 Å². The first-order valence-electron chi connectivity index (χ1n) is 9.51. The van der Waals surface area contributed by atoms with Crippen molar-refractivity contribution in [2.24, 2.45) is 11.7 Å². The van der Waals surface area contributed by atoms with Crippen LogP contribution in [0.15, 0.2) is 43.0 Å². The summed E-state index contributed by atoms with van der Waals surface area (Å²) in [6, 6.07) is 7.65. The van der Waals surface area contributed by atoms with Crippen LogP contribution in [0.5, 0.6) is 0 Å². The summed E-state index contributed by atoms with van der Waals surface area (Å²) < 4.78 is 5.19. The molecule has 0 aromatic heterocycles. The Labute approximate surface area is 166 Å². The molecule has 0 aliphatic rings. The van der Waals surface area contributed by atoms with Gasteiger partial charge in [0.05, 0.1) is 0 Å². The SMILES string of the molecule is C=CCCC[C@H](NC(=O)[C@H](CC(C)C)NC(=O)OCc1ccccc1)C(N)=O. The van der Waals surface area contributed by atoms with Crippen LogP contribution in [0.2, 0.25) is 0 Å². The van der Waals surface area contributed by atoms with E-state index in [0.717, 1.165) is 12.0 Å². The van der Waals surface area contributed by atoms with Crippen molar-refractivity contribution in [1.29, 1.82) is 0 Å². The molecule has 2 atom stereocenters. The zero-order valence-corrected chi connectivity index (χ0v) is 16.6. The van der Waals surface area contributed by atoms with Crippen molar-refractivity contribution in [2.75, 3.05) is 0 Å². The summed E-state index contributed by atoms with van der Waals surface area (Å²) in [6.07, 6.45) is 3.28. The van der Waals surface area contributed by atoms with Gasteiger partial charge in [0.2, 0.25) is 11.8 Å². The van der Waals surface area contributed by atoms with Crippen LogP contribution >= 0.6 is 0 Å². The Kier molecular flexibility index (Phi) is 10.4. The molecule has 0 fully saturated rings. The summed E-state index contributed by atoms with van der Waals surface area (Å²) in [7, 11) is 0. The molecule has 7 heteroatoms. The second-order valence-corrected chi connectivity index (χ2v) is 7.07. The molecule has 0 saturated heterocycles. The third kappa shape index (κ3) is 9.21. The number of allylic oxidation sites excluding steroid dienone is 1. The van der Waals surface area contributed by atoms with Gasteiger partial charge < -0.3 is 21.1 Å². The lowest BCUT2D eigenvalue weighted by Gasteiger charge is -2.23. The number of ether oxygens (including phenoxy) is 1. The number of unbranched alkanes of at least 4 members (excludes halogenated alkanes) is 1. The van der Waals surface area contributed by atoms with Crippen LogP contribution in [0.1, 0.15) is 45.1 Å². The topological polar surface area (TPSA) is 111 Å². The van der Waals surface area contributed by atoms with Crippen LogP contribution in [-0.2, 0) is 20.9 Å². The van der Waals surface area contributed by atoms with Crippen molar-refractivity contribution < 1.29 is 19.1 Å². The zero-order valence-electron chi connectivity index (χ0n) is 16.6. The molecule has 0 heterocycles. The van der Waals surface area contributed by atoms with Gasteiger partial charge in [0.25, 0.3) is 0 Å². The van der Waals surface area contributed by atoms with Crippen LogP contribution < -0.4 is 16.4 Å². The van der Waals surface area contributed by atoms with E-state index in [-0.39, 0.29) is 12.5 Å². The third-order valence-corrected chi connectivity index (χ3v) is 4.09. The molecular formula is C21H31N3O4. The maximum Gasteiger partial charge on any atom is 0.408 e. The number of benzene rings is 1. The van der Waals surface area contributed by atoms with E-state index in [2.05, 4.69) is 17.2 Å². The molecule has 28 heavy (non-hydrogen) atoms. The lowest BCUT2D eigenvalue weighted by Crippen LogP contribution is -2.53. The average molecular weight is 389 g/mol. The van der Waals surface area contributed by atoms with E-state index in [1.54, 1.807) is 6.08 Å². The molecule has 0 radical (unpaired) electrons. The molecule has 0 aliphatic heterocycles. The number of hydrogen-bond donors (Lipinski definition) is 3. The Bertz CT molecular complexity index is 646. The summed E-state index contributed by atoms with van der Waals surface area (Å²) >= 11 is 0. The largest absolute Gasteiger partial charge is 0.445 e. The van der Waals surface area contributed by atoms with Crippen molar-refractivity contribution in [1.82, 2.24) is 10.6 Å². The Hall–Kier alpha value is -2.83. The maximum absolute atomic E-state index is 12.6. The molecule has 3 amide bonds. The standard InChI is InChI=1S/C21H31N3O4/c1-4-5-7-12-17(19(22)25)23-20(26)18(13-15(2)3)24-21(27)28-14-16-10-8-6-9-11-16/h4,6,8-11,15,17-18H,1,5,7,12-14H2,2-3H3,(H2,22,25)(H,23,26)(H,24,27)/t17-,18-/m0/s1. The number of carbonyl (C=O) groups is 3. The number of hydrogen-bond acceptors (Lipinski definition) is 4. The summed E-state index contributed by atoms with van der Waals surface area (Å²) in [4.78, 5) is 36.4. The second-order valence-electron chi connectivity index (χ2n) is 7.07. The quantitative estimate of drug-likeness (QED) is 0.377. The predicted molar refractivity (Wildman–Crippen MR) is 108 cm³/mol. The molecule has 1 aromatic rings.